The van der Waals surface area contributed by atoms with Crippen LogP contribution < -0.4 is 5.32 Å². The number of rotatable bonds is 5. The molecular formula is C17H26N2O. The van der Waals surface area contributed by atoms with Crippen molar-refractivity contribution in [2.24, 2.45) is 5.41 Å². The van der Waals surface area contributed by atoms with Crippen LogP contribution in [0.3, 0.4) is 0 Å². The third-order valence-electron chi connectivity index (χ3n) is 4.27. The molecule has 3 heteroatoms. The normalized spacial score (nSPS) is 21.9. The van der Waals surface area contributed by atoms with Gasteiger partial charge in [-0.3, -0.25) is 4.79 Å². The summed E-state index contributed by atoms with van der Waals surface area (Å²) in [4.78, 5) is 14.7. The van der Waals surface area contributed by atoms with E-state index in [1.54, 1.807) is 0 Å². The maximum Gasteiger partial charge on any atom is 0.230 e. The van der Waals surface area contributed by atoms with Crippen LogP contribution >= 0.6 is 0 Å². The van der Waals surface area contributed by atoms with Crippen LogP contribution in [0.2, 0.25) is 0 Å². The van der Waals surface area contributed by atoms with Crippen LogP contribution in [0.15, 0.2) is 24.3 Å². The molecule has 1 atom stereocenters. The predicted molar refractivity (Wildman–Crippen MR) is 82.5 cm³/mol. The second-order valence-electron chi connectivity index (χ2n) is 6.11. The lowest BCUT2D eigenvalue weighted by Crippen LogP contribution is -2.43. The van der Waals surface area contributed by atoms with Gasteiger partial charge in [-0.15, -0.1) is 0 Å². The molecule has 1 saturated heterocycles. The fourth-order valence-corrected chi connectivity index (χ4v) is 3.29. The Morgan fingerprint density at radius 2 is 2.25 bits per heavy atom. The molecule has 1 fully saturated rings. The lowest BCUT2D eigenvalue weighted by molar-refractivity contribution is -0.140. The van der Waals surface area contributed by atoms with E-state index in [-0.39, 0.29) is 5.41 Å². The number of aryl methyl sites for hydroxylation is 1. The van der Waals surface area contributed by atoms with Crippen molar-refractivity contribution in [1.82, 2.24) is 10.2 Å². The van der Waals surface area contributed by atoms with Crippen molar-refractivity contribution in [2.45, 2.75) is 39.7 Å². The third-order valence-corrected chi connectivity index (χ3v) is 4.27. The molecule has 0 spiro atoms. The molecule has 2 rings (SSSR count). The van der Waals surface area contributed by atoms with Crippen molar-refractivity contribution >= 4 is 5.91 Å². The molecule has 0 aromatic heterocycles. The van der Waals surface area contributed by atoms with Gasteiger partial charge in [-0.05, 0) is 31.9 Å². The van der Waals surface area contributed by atoms with Crippen LogP contribution in [0.4, 0.5) is 0 Å². The highest BCUT2D eigenvalue weighted by molar-refractivity contribution is 5.83. The molecule has 0 radical (unpaired) electrons. The van der Waals surface area contributed by atoms with Crippen molar-refractivity contribution in [2.75, 3.05) is 20.1 Å². The van der Waals surface area contributed by atoms with Gasteiger partial charge in [0, 0.05) is 20.1 Å². The third kappa shape index (κ3) is 3.21. The number of nitrogens with zero attached hydrogens (tertiary/aromatic N) is 1. The van der Waals surface area contributed by atoms with Crippen LogP contribution in [-0.2, 0) is 11.3 Å². The molecule has 110 valence electrons. The zero-order valence-electron chi connectivity index (χ0n) is 12.9. The predicted octanol–water partition coefficient (Wildman–Crippen LogP) is 2.73. The molecule has 1 aromatic rings. The summed E-state index contributed by atoms with van der Waals surface area (Å²) in [7, 11) is 1.93. The van der Waals surface area contributed by atoms with Gasteiger partial charge in [0.15, 0.2) is 0 Å². The number of carbonyl (C=O) groups is 1. The summed E-state index contributed by atoms with van der Waals surface area (Å²) in [5.74, 6) is 0.297. The molecule has 3 nitrogen and oxygen atoms in total. The fraction of sp³-hybridized carbons (Fsp3) is 0.588. The lowest BCUT2D eigenvalue weighted by atomic mass is 9.81. The first-order valence-electron chi connectivity index (χ1n) is 7.59. The molecule has 1 unspecified atom stereocenters. The highest BCUT2D eigenvalue weighted by Crippen LogP contribution is 2.33. The molecule has 1 aliphatic heterocycles. The van der Waals surface area contributed by atoms with E-state index in [1.165, 1.54) is 11.1 Å². The minimum Gasteiger partial charge on any atom is -0.341 e. The van der Waals surface area contributed by atoms with Crippen LogP contribution in [0.5, 0.6) is 0 Å². The van der Waals surface area contributed by atoms with Gasteiger partial charge in [0.2, 0.25) is 5.91 Å². The maximum absolute atomic E-state index is 12.8. The van der Waals surface area contributed by atoms with Crippen LogP contribution in [0, 0.1) is 12.3 Å². The Labute approximate surface area is 122 Å². The fourth-order valence-electron chi connectivity index (χ4n) is 3.29. The van der Waals surface area contributed by atoms with Crippen LogP contribution in [0.25, 0.3) is 0 Å². The summed E-state index contributed by atoms with van der Waals surface area (Å²) in [5.41, 5.74) is 2.28. The second-order valence-corrected chi connectivity index (χ2v) is 6.11. The number of hydrogen-bond donors (Lipinski definition) is 1. The van der Waals surface area contributed by atoms with Gasteiger partial charge in [-0.1, -0.05) is 43.2 Å². The highest BCUT2D eigenvalue weighted by atomic mass is 16.2. The van der Waals surface area contributed by atoms with E-state index in [4.69, 9.17) is 0 Å². The molecule has 1 aliphatic rings. The molecule has 20 heavy (non-hydrogen) atoms. The summed E-state index contributed by atoms with van der Waals surface area (Å²) < 4.78 is 0. The van der Waals surface area contributed by atoms with E-state index in [2.05, 4.69) is 43.4 Å². The quantitative estimate of drug-likeness (QED) is 0.895. The Morgan fingerprint density at radius 3 is 2.85 bits per heavy atom. The van der Waals surface area contributed by atoms with Crippen molar-refractivity contribution in [3.63, 3.8) is 0 Å². The Morgan fingerprint density at radius 1 is 1.45 bits per heavy atom. The zero-order valence-corrected chi connectivity index (χ0v) is 12.9. The molecule has 1 heterocycles. The second kappa shape index (κ2) is 6.40. The SMILES string of the molecule is CCCC1(C(=O)N(C)Cc2cccc(C)c2)CCNC1. The maximum atomic E-state index is 12.8. The first kappa shape index (κ1) is 15.0. The topological polar surface area (TPSA) is 32.3 Å². The first-order valence-corrected chi connectivity index (χ1v) is 7.59. The highest BCUT2D eigenvalue weighted by Gasteiger charge is 2.41. The van der Waals surface area contributed by atoms with E-state index >= 15 is 0 Å². The Bertz CT molecular complexity index is 464. The Kier molecular flexibility index (Phi) is 4.81. The van der Waals surface area contributed by atoms with E-state index in [0.717, 1.165) is 32.4 Å². The van der Waals surface area contributed by atoms with Gasteiger partial charge in [-0.2, -0.15) is 0 Å². The van der Waals surface area contributed by atoms with Gasteiger partial charge in [0.1, 0.15) is 0 Å². The Hall–Kier alpha value is -1.35. The zero-order chi connectivity index (χ0) is 14.6. The van der Waals surface area contributed by atoms with Gasteiger partial charge in [-0.25, -0.2) is 0 Å². The van der Waals surface area contributed by atoms with E-state index in [1.807, 2.05) is 11.9 Å². The monoisotopic (exact) mass is 274 g/mol. The summed E-state index contributed by atoms with van der Waals surface area (Å²) in [6.07, 6.45) is 3.01. The first-order chi connectivity index (χ1) is 9.57. The average molecular weight is 274 g/mol. The van der Waals surface area contributed by atoms with Gasteiger partial charge in [0.25, 0.3) is 0 Å². The van der Waals surface area contributed by atoms with Gasteiger partial charge < -0.3 is 10.2 Å². The standard InChI is InChI=1S/C17H26N2O/c1-4-8-17(9-10-18-13-17)16(20)19(3)12-15-7-5-6-14(2)11-15/h5-7,11,18H,4,8-10,12-13H2,1-3H3. The van der Waals surface area contributed by atoms with Crippen LogP contribution in [0.1, 0.15) is 37.3 Å². The van der Waals surface area contributed by atoms with Crippen molar-refractivity contribution in [1.29, 1.82) is 0 Å². The molecule has 1 aromatic carbocycles. The van der Waals surface area contributed by atoms with E-state index in [0.29, 0.717) is 12.5 Å². The van der Waals surface area contributed by atoms with Crippen LogP contribution in [-0.4, -0.2) is 30.9 Å². The minimum absolute atomic E-state index is 0.173. The van der Waals surface area contributed by atoms with E-state index in [9.17, 15) is 4.79 Å². The number of carbonyl (C=O) groups excluding carboxylic acids is 1. The summed E-state index contributed by atoms with van der Waals surface area (Å²) >= 11 is 0. The van der Waals surface area contributed by atoms with E-state index < -0.39 is 0 Å². The molecule has 1 amide bonds. The molecule has 0 bridgehead atoms. The number of benzene rings is 1. The van der Waals surface area contributed by atoms with Crippen molar-refractivity contribution < 1.29 is 4.79 Å². The molecular weight excluding hydrogens is 248 g/mol. The summed E-state index contributed by atoms with van der Waals surface area (Å²) in [5, 5.41) is 3.36. The average Bonchev–Trinajstić information content (AvgIpc) is 2.88. The minimum atomic E-state index is -0.173. The lowest BCUT2D eigenvalue weighted by Gasteiger charge is -2.31. The summed E-state index contributed by atoms with van der Waals surface area (Å²) in [6.45, 7) is 6.74. The number of nitrogens with one attached hydrogen (secondary N) is 1. The molecule has 0 aliphatic carbocycles. The molecule has 0 saturated carbocycles. The van der Waals surface area contributed by atoms with Gasteiger partial charge in [0.05, 0.1) is 5.41 Å². The Balaban J connectivity index is 2.07. The van der Waals surface area contributed by atoms with Crippen molar-refractivity contribution in [3.8, 4) is 0 Å². The van der Waals surface area contributed by atoms with Crippen molar-refractivity contribution in [3.05, 3.63) is 35.4 Å². The number of hydrogen-bond acceptors (Lipinski definition) is 2. The summed E-state index contributed by atoms with van der Waals surface area (Å²) in [6, 6.07) is 8.39. The number of amides is 1. The van der Waals surface area contributed by atoms with Gasteiger partial charge >= 0.3 is 0 Å². The smallest absolute Gasteiger partial charge is 0.230 e. The largest absolute Gasteiger partial charge is 0.341 e. The molecule has 1 N–H and O–H groups in total.